The molecule has 37 heavy (non-hydrogen) atoms. The van der Waals surface area contributed by atoms with Crippen LogP contribution >= 0.6 is 11.6 Å². The van der Waals surface area contributed by atoms with Crippen LogP contribution < -0.4 is 4.74 Å². The third kappa shape index (κ3) is 4.77. The summed E-state index contributed by atoms with van der Waals surface area (Å²) in [6.45, 7) is 1.09. The van der Waals surface area contributed by atoms with E-state index in [4.69, 9.17) is 21.3 Å². The molecule has 1 heterocycles. The number of halogens is 1. The first kappa shape index (κ1) is 25.5. The van der Waals surface area contributed by atoms with E-state index in [0.717, 1.165) is 48.5 Å². The minimum absolute atomic E-state index is 0.00244. The number of nitrogens with zero attached hydrogens (tertiary/aromatic N) is 3. The molecule has 3 aromatic carbocycles. The molecule has 0 bridgehead atoms. The molecule has 1 aliphatic carbocycles. The van der Waals surface area contributed by atoms with Gasteiger partial charge in [-0.15, -0.1) is 0 Å². The van der Waals surface area contributed by atoms with Crippen LogP contribution in [0.3, 0.4) is 0 Å². The van der Waals surface area contributed by atoms with Crippen molar-refractivity contribution in [3.8, 4) is 11.8 Å². The van der Waals surface area contributed by atoms with Crippen molar-refractivity contribution in [1.82, 2.24) is 4.31 Å². The third-order valence-electron chi connectivity index (χ3n) is 7.42. The van der Waals surface area contributed by atoms with E-state index in [1.165, 1.54) is 34.6 Å². The molecular weight excluding hydrogens is 506 g/mol. The van der Waals surface area contributed by atoms with Crippen LogP contribution in [0.2, 0.25) is 5.02 Å². The molecule has 5 rings (SSSR count). The summed E-state index contributed by atoms with van der Waals surface area (Å²) in [6.07, 6.45) is 4.13. The zero-order valence-corrected chi connectivity index (χ0v) is 22.2. The molecule has 1 aliphatic heterocycles. The van der Waals surface area contributed by atoms with Gasteiger partial charge in [0.15, 0.2) is 0 Å². The SMILES string of the molecule is CN(CCOc1ccc2c(c1)C(C1(c3ccc(Cl)cc3)CCC1)=NCC2)S(=O)(=O)c1ccccc1C#N. The topological polar surface area (TPSA) is 82.8 Å². The predicted octanol–water partition coefficient (Wildman–Crippen LogP) is 5.38. The smallest absolute Gasteiger partial charge is 0.244 e. The van der Waals surface area contributed by atoms with Gasteiger partial charge in [-0.3, -0.25) is 4.99 Å². The lowest BCUT2D eigenvalue weighted by atomic mass is 9.59. The lowest BCUT2D eigenvalue weighted by Gasteiger charge is -2.45. The Kier molecular flexibility index (Phi) is 7.09. The Labute approximate surface area is 223 Å². The van der Waals surface area contributed by atoms with Crippen LogP contribution in [0.25, 0.3) is 0 Å². The highest BCUT2D eigenvalue weighted by atomic mass is 35.5. The van der Waals surface area contributed by atoms with Crippen LogP contribution in [-0.2, 0) is 21.9 Å². The van der Waals surface area contributed by atoms with Crippen LogP contribution in [0.15, 0.2) is 76.6 Å². The lowest BCUT2D eigenvalue weighted by Crippen LogP contribution is -2.44. The van der Waals surface area contributed by atoms with Crippen LogP contribution in [0.5, 0.6) is 5.75 Å². The number of aliphatic imine (C=N–C) groups is 1. The second-order valence-electron chi connectivity index (χ2n) is 9.52. The Hall–Kier alpha value is -3.18. The number of rotatable bonds is 8. The van der Waals surface area contributed by atoms with Gasteiger partial charge in [0.25, 0.3) is 0 Å². The van der Waals surface area contributed by atoms with Crippen molar-refractivity contribution in [2.45, 2.75) is 36.0 Å². The van der Waals surface area contributed by atoms with E-state index >= 15 is 0 Å². The summed E-state index contributed by atoms with van der Waals surface area (Å²) in [5.74, 6) is 0.683. The standard InChI is InChI=1S/C29H28ClN3O3S/c1-33(37(34,35)27-6-3-2-5-22(27)20-31)17-18-36-25-12-7-21-13-16-32-28(26(21)19-25)29(14-4-15-29)23-8-10-24(30)11-9-23/h2-3,5-12,19H,4,13-18H2,1H3. The Balaban J connectivity index is 1.33. The highest BCUT2D eigenvalue weighted by Gasteiger charge is 2.45. The molecule has 8 heteroatoms. The van der Waals surface area contributed by atoms with Crippen molar-refractivity contribution >= 4 is 27.3 Å². The van der Waals surface area contributed by atoms with Crippen molar-refractivity contribution in [2.24, 2.45) is 4.99 Å². The van der Waals surface area contributed by atoms with E-state index < -0.39 is 10.0 Å². The summed E-state index contributed by atoms with van der Waals surface area (Å²) in [6, 6.07) is 22.4. The van der Waals surface area contributed by atoms with E-state index in [1.54, 1.807) is 12.1 Å². The molecule has 0 N–H and O–H groups in total. The number of likely N-dealkylation sites (N-methyl/N-ethyl adjacent to an activating group) is 1. The maximum atomic E-state index is 13.0. The Bertz CT molecular complexity index is 1490. The number of nitriles is 1. The van der Waals surface area contributed by atoms with Crippen molar-refractivity contribution < 1.29 is 13.2 Å². The summed E-state index contributed by atoms with van der Waals surface area (Å²) in [7, 11) is -2.31. The molecule has 6 nitrogen and oxygen atoms in total. The molecule has 0 radical (unpaired) electrons. The number of hydrogen-bond acceptors (Lipinski definition) is 5. The highest BCUT2D eigenvalue weighted by Crippen LogP contribution is 2.48. The second kappa shape index (κ2) is 10.3. The number of ether oxygens (including phenoxy) is 1. The average Bonchev–Trinajstić information content (AvgIpc) is 2.89. The van der Waals surface area contributed by atoms with Gasteiger partial charge >= 0.3 is 0 Å². The Morgan fingerprint density at radius 1 is 1.11 bits per heavy atom. The van der Waals surface area contributed by atoms with Gasteiger partial charge in [0.05, 0.1) is 16.2 Å². The first-order valence-corrected chi connectivity index (χ1v) is 14.2. The van der Waals surface area contributed by atoms with Gasteiger partial charge in [0.2, 0.25) is 10.0 Å². The molecule has 0 atom stereocenters. The van der Waals surface area contributed by atoms with Crippen LogP contribution in [0.1, 0.15) is 41.5 Å². The fourth-order valence-electron chi connectivity index (χ4n) is 5.19. The summed E-state index contributed by atoms with van der Waals surface area (Å²) >= 11 is 6.16. The molecule has 0 spiro atoms. The highest BCUT2D eigenvalue weighted by molar-refractivity contribution is 7.89. The molecule has 2 aliphatic rings. The summed E-state index contributed by atoms with van der Waals surface area (Å²) in [5, 5.41) is 10.0. The lowest BCUT2D eigenvalue weighted by molar-refractivity contribution is 0.286. The van der Waals surface area contributed by atoms with E-state index in [2.05, 4.69) is 18.2 Å². The molecule has 190 valence electrons. The molecule has 0 unspecified atom stereocenters. The van der Waals surface area contributed by atoms with Crippen LogP contribution in [0, 0.1) is 11.3 Å². The van der Waals surface area contributed by atoms with Gasteiger partial charge in [-0.1, -0.05) is 48.4 Å². The number of sulfonamides is 1. The monoisotopic (exact) mass is 533 g/mol. The minimum Gasteiger partial charge on any atom is -0.492 e. The quantitative estimate of drug-likeness (QED) is 0.389. The van der Waals surface area contributed by atoms with Crippen molar-refractivity contribution in [1.29, 1.82) is 5.26 Å². The predicted molar refractivity (Wildman–Crippen MR) is 145 cm³/mol. The number of benzene rings is 3. The van der Waals surface area contributed by atoms with E-state index in [0.29, 0.717) is 5.75 Å². The first-order valence-electron chi connectivity index (χ1n) is 12.4. The summed E-state index contributed by atoms with van der Waals surface area (Å²) in [4.78, 5) is 5.01. The van der Waals surface area contributed by atoms with Crippen molar-refractivity contribution in [2.75, 3.05) is 26.7 Å². The zero-order valence-electron chi connectivity index (χ0n) is 20.7. The third-order valence-corrected chi connectivity index (χ3v) is 9.58. The normalized spacial score (nSPS) is 16.3. The second-order valence-corrected chi connectivity index (χ2v) is 12.0. The summed E-state index contributed by atoms with van der Waals surface area (Å²) < 4.78 is 33.2. The largest absolute Gasteiger partial charge is 0.492 e. The van der Waals surface area contributed by atoms with Crippen molar-refractivity contribution in [3.05, 3.63) is 94.0 Å². The molecular formula is C29H28ClN3O3S. The molecule has 0 saturated heterocycles. The first-order chi connectivity index (χ1) is 17.8. The van der Waals surface area contributed by atoms with Gasteiger partial charge in [0, 0.05) is 36.1 Å². The minimum atomic E-state index is -3.81. The van der Waals surface area contributed by atoms with E-state index in [9.17, 15) is 13.7 Å². The van der Waals surface area contributed by atoms with Gasteiger partial charge < -0.3 is 4.74 Å². The molecule has 1 saturated carbocycles. The van der Waals surface area contributed by atoms with E-state index in [1.807, 2.05) is 30.3 Å². The van der Waals surface area contributed by atoms with Gasteiger partial charge in [-0.25, -0.2) is 8.42 Å². The maximum absolute atomic E-state index is 13.0. The fourth-order valence-corrected chi connectivity index (χ4v) is 6.61. The van der Waals surface area contributed by atoms with Crippen LogP contribution in [-0.4, -0.2) is 45.2 Å². The molecule has 3 aromatic rings. The number of hydrogen-bond donors (Lipinski definition) is 0. The fraction of sp³-hybridized carbons (Fsp3) is 0.310. The van der Waals surface area contributed by atoms with Crippen molar-refractivity contribution in [3.63, 3.8) is 0 Å². The van der Waals surface area contributed by atoms with Crippen LogP contribution in [0.4, 0.5) is 0 Å². The zero-order chi connectivity index (χ0) is 26.0. The molecule has 0 aromatic heterocycles. The Morgan fingerprint density at radius 3 is 2.57 bits per heavy atom. The molecule has 1 fully saturated rings. The van der Waals surface area contributed by atoms with Gasteiger partial charge in [-0.2, -0.15) is 9.57 Å². The van der Waals surface area contributed by atoms with Gasteiger partial charge in [-0.05, 0) is 66.8 Å². The number of fused-ring (bicyclic) bond motifs is 1. The molecule has 0 amide bonds. The average molecular weight is 534 g/mol. The van der Waals surface area contributed by atoms with Gasteiger partial charge in [0.1, 0.15) is 18.4 Å². The summed E-state index contributed by atoms with van der Waals surface area (Å²) in [5.41, 5.74) is 4.74. The maximum Gasteiger partial charge on any atom is 0.244 e. The van der Waals surface area contributed by atoms with E-state index in [-0.39, 0.29) is 29.0 Å². The Morgan fingerprint density at radius 2 is 1.86 bits per heavy atom.